The third-order valence-electron chi connectivity index (χ3n) is 2.59. The molecule has 2 N–H and O–H groups in total. The molecule has 1 heterocycles. The van der Waals surface area contributed by atoms with Gasteiger partial charge in [0.1, 0.15) is 19.1 Å². The third-order valence-corrected chi connectivity index (χ3v) is 2.59. The van der Waals surface area contributed by atoms with Crippen LogP contribution < -0.4 is 0 Å². The van der Waals surface area contributed by atoms with Crippen LogP contribution in [0, 0.1) is 5.92 Å². The van der Waals surface area contributed by atoms with E-state index in [4.69, 9.17) is 9.84 Å². The van der Waals surface area contributed by atoms with Crippen molar-refractivity contribution >= 4 is 11.8 Å². The summed E-state index contributed by atoms with van der Waals surface area (Å²) in [7, 11) is 0. The number of imidazole rings is 1. The maximum absolute atomic E-state index is 11.9. The molecule has 0 radical (unpaired) electrons. The summed E-state index contributed by atoms with van der Waals surface area (Å²) >= 11 is 0. The highest BCUT2D eigenvalue weighted by Crippen LogP contribution is 2.26. The molecule has 0 spiro atoms. The number of Topliss-reactive ketones (excluding diaryl/α,β-unsaturated/α-hetero) is 1. The van der Waals surface area contributed by atoms with Crippen molar-refractivity contribution in [1.82, 2.24) is 9.97 Å². The molecule has 2 atom stereocenters. The lowest BCUT2D eigenvalue weighted by molar-refractivity contribution is -0.152. The number of carbonyl (C=O) groups excluding carboxylic acids is 2. The minimum atomic E-state index is -1.15. The summed E-state index contributed by atoms with van der Waals surface area (Å²) in [4.78, 5) is 30.3. The number of allylic oxidation sites excluding steroid dienone is 1. The first-order valence-corrected chi connectivity index (χ1v) is 5.67. The molecule has 0 saturated carbocycles. The number of rotatable bonds is 8. The number of carbonyl (C=O) groups is 2. The summed E-state index contributed by atoms with van der Waals surface area (Å²) in [5.74, 6) is -3.13. The zero-order chi connectivity index (χ0) is 14.3. The lowest BCUT2D eigenvalue weighted by Gasteiger charge is -2.20. The molecule has 2 unspecified atom stereocenters. The number of aliphatic hydroxyl groups excluding tert-OH is 1. The number of hydrogen-bond acceptors (Lipinski definition) is 5. The number of aromatic amines is 1. The largest absolute Gasteiger partial charge is 0.461 e. The van der Waals surface area contributed by atoms with E-state index in [2.05, 4.69) is 23.1 Å². The summed E-state index contributed by atoms with van der Waals surface area (Å²) in [5.41, 5.74) is 0.553. The van der Waals surface area contributed by atoms with Crippen LogP contribution in [0.15, 0.2) is 37.8 Å². The molecule has 0 amide bonds. The zero-order valence-corrected chi connectivity index (χ0v) is 10.4. The number of nitrogens with zero attached hydrogens (tertiary/aromatic N) is 1. The smallest absolute Gasteiger partial charge is 0.317 e. The molecule has 0 aliphatic carbocycles. The van der Waals surface area contributed by atoms with Crippen LogP contribution in [0.4, 0.5) is 0 Å². The Morgan fingerprint density at radius 1 is 1.53 bits per heavy atom. The number of ketones is 1. The third kappa shape index (κ3) is 3.62. The molecule has 0 aliphatic rings. The first-order chi connectivity index (χ1) is 9.15. The topological polar surface area (TPSA) is 92.3 Å². The summed E-state index contributed by atoms with van der Waals surface area (Å²) in [6.45, 7) is 6.29. The van der Waals surface area contributed by atoms with Gasteiger partial charge in [0.2, 0.25) is 0 Å². The number of ether oxygens (including phenoxy) is 1. The Bertz CT molecular complexity index is 453. The van der Waals surface area contributed by atoms with E-state index < -0.39 is 30.2 Å². The lowest BCUT2D eigenvalue weighted by Crippen LogP contribution is -2.33. The second-order valence-electron chi connectivity index (χ2n) is 3.79. The Hall–Kier alpha value is -2.21. The molecule has 0 bridgehead atoms. The molecule has 19 heavy (non-hydrogen) atoms. The number of nitrogens with one attached hydrogen (secondary N) is 1. The van der Waals surface area contributed by atoms with Gasteiger partial charge in [-0.15, -0.1) is 6.58 Å². The Morgan fingerprint density at radius 2 is 2.26 bits per heavy atom. The minimum absolute atomic E-state index is 0.000874. The number of hydrogen-bond donors (Lipinski definition) is 2. The molecular weight excluding hydrogens is 248 g/mol. The fraction of sp³-hybridized carbons (Fsp3) is 0.308. The van der Waals surface area contributed by atoms with Crippen molar-refractivity contribution in [3.63, 3.8) is 0 Å². The van der Waals surface area contributed by atoms with Gasteiger partial charge >= 0.3 is 5.97 Å². The van der Waals surface area contributed by atoms with Crippen molar-refractivity contribution in [3.8, 4) is 0 Å². The normalized spacial score (nSPS) is 13.3. The van der Waals surface area contributed by atoms with Crippen molar-refractivity contribution in [2.75, 3.05) is 13.2 Å². The van der Waals surface area contributed by atoms with Gasteiger partial charge in [0.15, 0.2) is 5.78 Å². The number of aromatic nitrogens is 2. The van der Waals surface area contributed by atoms with E-state index in [1.807, 2.05) is 0 Å². The Balaban J connectivity index is 3.00. The summed E-state index contributed by atoms with van der Waals surface area (Å²) < 4.78 is 4.89. The molecule has 1 aromatic rings. The van der Waals surface area contributed by atoms with Crippen LogP contribution in [-0.2, 0) is 14.3 Å². The van der Waals surface area contributed by atoms with Crippen molar-refractivity contribution in [2.24, 2.45) is 5.92 Å². The summed E-state index contributed by atoms with van der Waals surface area (Å²) in [6, 6.07) is 0. The molecule has 0 aromatic carbocycles. The first-order valence-electron chi connectivity index (χ1n) is 5.67. The van der Waals surface area contributed by atoms with Crippen molar-refractivity contribution < 1.29 is 19.4 Å². The van der Waals surface area contributed by atoms with Gasteiger partial charge in [-0.2, -0.15) is 0 Å². The molecule has 1 aromatic heterocycles. The van der Waals surface area contributed by atoms with Gasteiger partial charge in [0.25, 0.3) is 0 Å². The van der Waals surface area contributed by atoms with Gasteiger partial charge in [-0.05, 0) is 0 Å². The van der Waals surface area contributed by atoms with Crippen LogP contribution >= 0.6 is 0 Å². The van der Waals surface area contributed by atoms with E-state index in [9.17, 15) is 9.59 Å². The Labute approximate surface area is 110 Å². The highest BCUT2D eigenvalue weighted by molar-refractivity contribution is 6.00. The summed E-state index contributed by atoms with van der Waals surface area (Å²) in [5, 5.41) is 8.98. The van der Waals surface area contributed by atoms with Gasteiger partial charge < -0.3 is 14.8 Å². The second kappa shape index (κ2) is 7.27. The molecule has 0 saturated heterocycles. The molecule has 6 heteroatoms. The van der Waals surface area contributed by atoms with Crippen LogP contribution in [0.25, 0.3) is 0 Å². The molecular formula is C13H16N2O4. The number of H-pyrrole nitrogens is 1. The van der Waals surface area contributed by atoms with Crippen molar-refractivity contribution in [2.45, 2.75) is 5.92 Å². The van der Waals surface area contributed by atoms with Gasteiger partial charge in [0, 0.05) is 17.8 Å². The Morgan fingerprint density at radius 3 is 2.74 bits per heavy atom. The highest BCUT2D eigenvalue weighted by Gasteiger charge is 2.35. The SMILES string of the molecule is C=CCOC(=O)C(C(=O)CO)C(C=C)c1cnc[nH]1. The van der Waals surface area contributed by atoms with E-state index in [-0.39, 0.29) is 6.61 Å². The first kappa shape index (κ1) is 14.8. The minimum Gasteiger partial charge on any atom is -0.461 e. The van der Waals surface area contributed by atoms with Gasteiger partial charge in [-0.1, -0.05) is 18.7 Å². The predicted octanol–water partition coefficient (Wildman–Crippen LogP) is 0.586. The predicted molar refractivity (Wildman–Crippen MR) is 68.3 cm³/mol. The van der Waals surface area contributed by atoms with Crippen LogP contribution in [0.2, 0.25) is 0 Å². The van der Waals surface area contributed by atoms with Gasteiger partial charge in [0.05, 0.1) is 6.33 Å². The van der Waals surface area contributed by atoms with Gasteiger partial charge in [-0.25, -0.2) is 4.98 Å². The van der Waals surface area contributed by atoms with Crippen LogP contribution in [0.1, 0.15) is 11.6 Å². The van der Waals surface area contributed by atoms with Crippen LogP contribution in [-0.4, -0.2) is 40.0 Å². The fourth-order valence-electron chi connectivity index (χ4n) is 1.70. The van der Waals surface area contributed by atoms with Crippen molar-refractivity contribution in [3.05, 3.63) is 43.5 Å². The maximum atomic E-state index is 11.9. The van der Waals surface area contributed by atoms with E-state index in [0.717, 1.165) is 0 Å². The standard InChI is InChI=1S/C13H16N2O4/c1-3-5-19-13(18)12(11(17)7-16)9(4-2)10-6-14-8-15-10/h3-4,6,8-9,12,16H,1-2,5,7H2,(H,14,15). The lowest BCUT2D eigenvalue weighted by atomic mass is 9.86. The number of aliphatic hydroxyl groups is 1. The summed E-state index contributed by atoms with van der Waals surface area (Å²) in [6.07, 6.45) is 5.77. The Kier molecular flexibility index (Phi) is 5.69. The van der Waals surface area contributed by atoms with Crippen LogP contribution in [0.3, 0.4) is 0 Å². The molecule has 6 nitrogen and oxygen atoms in total. The number of esters is 1. The molecule has 0 fully saturated rings. The highest BCUT2D eigenvalue weighted by atomic mass is 16.5. The maximum Gasteiger partial charge on any atom is 0.317 e. The fourth-order valence-corrected chi connectivity index (χ4v) is 1.70. The molecule has 102 valence electrons. The van der Waals surface area contributed by atoms with Crippen LogP contribution in [0.5, 0.6) is 0 Å². The second-order valence-corrected chi connectivity index (χ2v) is 3.79. The average Bonchev–Trinajstić information content (AvgIpc) is 2.94. The zero-order valence-electron chi connectivity index (χ0n) is 10.4. The molecule has 0 aliphatic heterocycles. The van der Waals surface area contributed by atoms with E-state index >= 15 is 0 Å². The average molecular weight is 264 g/mol. The van der Waals surface area contributed by atoms with Crippen molar-refractivity contribution in [1.29, 1.82) is 0 Å². The van der Waals surface area contributed by atoms with E-state index in [1.165, 1.54) is 24.7 Å². The quantitative estimate of drug-likeness (QED) is 0.407. The molecule has 1 rings (SSSR count). The van der Waals surface area contributed by atoms with E-state index in [1.54, 1.807) is 0 Å². The van der Waals surface area contributed by atoms with Gasteiger partial charge in [-0.3, -0.25) is 9.59 Å². The van der Waals surface area contributed by atoms with E-state index in [0.29, 0.717) is 5.69 Å². The monoisotopic (exact) mass is 264 g/mol.